The van der Waals surface area contributed by atoms with Crippen molar-refractivity contribution < 1.29 is 19.4 Å². The highest BCUT2D eigenvalue weighted by atomic mass is 16.5. The topological polar surface area (TPSA) is 55.8 Å². The van der Waals surface area contributed by atoms with Crippen molar-refractivity contribution in [1.82, 2.24) is 0 Å². The number of benzene rings is 2. The standard InChI is InChI=1S/C21H18O4/c1-24-21(23)15-8-6-14(7-9-15)17-12-25-18-11-10-13-4-2-3-5-16(13)19(18)20(17)22/h3,5-12,20,22H,2,4H2,1H3. The van der Waals surface area contributed by atoms with E-state index in [1.807, 2.05) is 6.07 Å². The van der Waals surface area contributed by atoms with E-state index in [-0.39, 0.29) is 5.97 Å². The van der Waals surface area contributed by atoms with Gasteiger partial charge in [-0.15, -0.1) is 0 Å². The molecule has 2 aliphatic rings. The first-order valence-electron chi connectivity index (χ1n) is 8.25. The maximum Gasteiger partial charge on any atom is 0.337 e. The Balaban J connectivity index is 1.72. The van der Waals surface area contributed by atoms with Gasteiger partial charge in [-0.1, -0.05) is 30.4 Å². The van der Waals surface area contributed by atoms with Crippen LogP contribution in [0.15, 0.2) is 48.7 Å². The molecule has 0 aromatic heterocycles. The number of methoxy groups -OCH3 is 1. The number of allylic oxidation sites excluding steroid dienone is 1. The summed E-state index contributed by atoms with van der Waals surface area (Å²) in [5, 5.41) is 11.0. The number of aliphatic hydroxyl groups excluding tert-OH is 1. The molecule has 4 nitrogen and oxygen atoms in total. The Morgan fingerprint density at radius 1 is 1.20 bits per heavy atom. The zero-order valence-corrected chi connectivity index (χ0v) is 13.9. The van der Waals surface area contributed by atoms with Crippen LogP contribution in [0.4, 0.5) is 0 Å². The van der Waals surface area contributed by atoms with Gasteiger partial charge in [0.2, 0.25) is 0 Å². The van der Waals surface area contributed by atoms with Gasteiger partial charge in [-0.3, -0.25) is 0 Å². The highest BCUT2D eigenvalue weighted by molar-refractivity contribution is 5.90. The van der Waals surface area contributed by atoms with Crippen molar-refractivity contribution >= 4 is 17.6 Å². The van der Waals surface area contributed by atoms with E-state index in [9.17, 15) is 9.90 Å². The molecule has 1 aliphatic carbocycles. The van der Waals surface area contributed by atoms with Crippen molar-refractivity contribution in [3.63, 3.8) is 0 Å². The first kappa shape index (κ1) is 15.7. The number of carbonyl (C=O) groups excluding carboxylic acids is 1. The number of aliphatic hydroxyl groups is 1. The summed E-state index contributed by atoms with van der Waals surface area (Å²) in [6.07, 6.45) is 6.98. The summed E-state index contributed by atoms with van der Waals surface area (Å²) in [5.74, 6) is 0.304. The fourth-order valence-electron chi connectivity index (χ4n) is 3.39. The Morgan fingerprint density at radius 3 is 2.76 bits per heavy atom. The van der Waals surface area contributed by atoms with E-state index in [0.717, 1.165) is 29.5 Å². The smallest absolute Gasteiger partial charge is 0.337 e. The lowest BCUT2D eigenvalue weighted by atomic mass is 9.85. The van der Waals surface area contributed by atoms with Crippen LogP contribution >= 0.6 is 0 Å². The summed E-state index contributed by atoms with van der Waals surface area (Å²) in [4.78, 5) is 11.6. The molecule has 1 atom stereocenters. The first-order valence-corrected chi connectivity index (χ1v) is 8.25. The third kappa shape index (κ3) is 2.65. The molecular weight excluding hydrogens is 316 g/mol. The lowest BCUT2D eigenvalue weighted by molar-refractivity contribution is 0.0600. The van der Waals surface area contributed by atoms with Crippen molar-refractivity contribution in [1.29, 1.82) is 0 Å². The van der Waals surface area contributed by atoms with Crippen molar-refractivity contribution in [2.45, 2.75) is 18.9 Å². The summed E-state index contributed by atoms with van der Waals surface area (Å²) >= 11 is 0. The molecule has 0 fully saturated rings. The average molecular weight is 334 g/mol. The largest absolute Gasteiger partial charge is 0.465 e. The van der Waals surface area contributed by atoms with Crippen LogP contribution in [0.25, 0.3) is 11.6 Å². The summed E-state index contributed by atoms with van der Waals surface area (Å²) in [5.41, 5.74) is 5.04. The molecular formula is C21H18O4. The number of aryl methyl sites for hydroxylation is 1. The molecule has 0 amide bonds. The Morgan fingerprint density at radius 2 is 2.00 bits per heavy atom. The fourth-order valence-corrected chi connectivity index (χ4v) is 3.39. The Labute approximate surface area is 146 Å². The lowest BCUT2D eigenvalue weighted by Crippen LogP contribution is -2.13. The average Bonchev–Trinajstić information content (AvgIpc) is 2.67. The molecule has 2 aromatic rings. The second kappa shape index (κ2) is 6.22. The maximum atomic E-state index is 11.6. The van der Waals surface area contributed by atoms with E-state index in [1.54, 1.807) is 30.5 Å². The minimum Gasteiger partial charge on any atom is -0.465 e. The van der Waals surface area contributed by atoms with Gasteiger partial charge in [0, 0.05) is 11.1 Å². The van der Waals surface area contributed by atoms with Crippen LogP contribution < -0.4 is 4.74 Å². The number of fused-ring (bicyclic) bond motifs is 3. The van der Waals surface area contributed by atoms with Crippen LogP contribution in [0.5, 0.6) is 5.75 Å². The van der Waals surface area contributed by atoms with E-state index in [1.165, 1.54) is 12.7 Å². The van der Waals surface area contributed by atoms with Gasteiger partial charge >= 0.3 is 5.97 Å². The number of hydrogen-bond acceptors (Lipinski definition) is 4. The quantitative estimate of drug-likeness (QED) is 0.846. The van der Waals surface area contributed by atoms with Crippen molar-refractivity contribution in [3.05, 3.63) is 76.6 Å². The summed E-state index contributed by atoms with van der Waals surface area (Å²) in [6, 6.07) is 10.9. The minimum absolute atomic E-state index is 0.384. The summed E-state index contributed by atoms with van der Waals surface area (Å²) in [6.45, 7) is 0. The normalized spacial score (nSPS) is 17.8. The van der Waals surface area contributed by atoms with Gasteiger partial charge in [0.1, 0.15) is 11.9 Å². The van der Waals surface area contributed by atoms with Gasteiger partial charge < -0.3 is 14.6 Å². The number of rotatable bonds is 2. The first-order chi connectivity index (χ1) is 12.2. The molecule has 1 N–H and O–H groups in total. The summed E-state index contributed by atoms with van der Waals surface area (Å²) in [7, 11) is 1.35. The zero-order valence-electron chi connectivity index (χ0n) is 13.9. The van der Waals surface area contributed by atoms with E-state index in [4.69, 9.17) is 9.47 Å². The number of esters is 1. The highest BCUT2D eigenvalue weighted by Gasteiger charge is 2.28. The van der Waals surface area contributed by atoms with Crippen molar-refractivity contribution in [3.8, 4) is 5.75 Å². The molecule has 25 heavy (non-hydrogen) atoms. The van der Waals surface area contributed by atoms with Crippen LogP contribution in [-0.4, -0.2) is 18.2 Å². The van der Waals surface area contributed by atoms with Crippen LogP contribution in [0.2, 0.25) is 0 Å². The molecule has 4 heteroatoms. The molecule has 0 bridgehead atoms. The van der Waals surface area contributed by atoms with Crippen LogP contribution in [0.1, 0.15) is 45.1 Å². The second-order valence-corrected chi connectivity index (χ2v) is 6.15. The molecule has 1 heterocycles. The van der Waals surface area contributed by atoms with Gasteiger partial charge in [0.15, 0.2) is 0 Å². The van der Waals surface area contributed by atoms with Gasteiger partial charge in [0.05, 0.1) is 18.9 Å². The predicted octanol–water partition coefficient (Wildman–Crippen LogP) is 3.90. The van der Waals surface area contributed by atoms with E-state index >= 15 is 0 Å². The minimum atomic E-state index is -0.773. The Bertz CT molecular complexity index is 891. The fraction of sp³-hybridized carbons (Fsp3) is 0.190. The maximum absolute atomic E-state index is 11.6. The van der Waals surface area contributed by atoms with Gasteiger partial charge in [-0.05, 0) is 47.7 Å². The Hall–Kier alpha value is -2.85. The SMILES string of the molecule is COC(=O)c1ccc(C2=COc3ccc4c(c3C2O)C=CCC4)cc1. The number of hydrogen-bond donors (Lipinski definition) is 1. The molecule has 0 saturated carbocycles. The van der Waals surface area contributed by atoms with Crippen molar-refractivity contribution in [2.75, 3.05) is 7.11 Å². The van der Waals surface area contributed by atoms with E-state index in [2.05, 4.69) is 18.2 Å². The van der Waals surface area contributed by atoms with Gasteiger partial charge in [-0.25, -0.2) is 4.79 Å². The van der Waals surface area contributed by atoms with E-state index in [0.29, 0.717) is 16.9 Å². The molecule has 2 aromatic carbocycles. The van der Waals surface area contributed by atoms with Gasteiger partial charge in [0.25, 0.3) is 0 Å². The third-order valence-corrected chi connectivity index (χ3v) is 4.72. The molecule has 126 valence electrons. The van der Waals surface area contributed by atoms with Crippen LogP contribution in [-0.2, 0) is 11.2 Å². The molecule has 4 rings (SSSR count). The van der Waals surface area contributed by atoms with E-state index < -0.39 is 6.10 Å². The summed E-state index contributed by atoms with van der Waals surface area (Å²) < 4.78 is 10.5. The molecule has 1 aliphatic heterocycles. The molecule has 0 saturated heterocycles. The zero-order chi connectivity index (χ0) is 17.4. The highest BCUT2D eigenvalue weighted by Crippen LogP contribution is 2.43. The number of ether oxygens (including phenoxy) is 2. The van der Waals surface area contributed by atoms with Crippen LogP contribution in [0, 0.1) is 0 Å². The van der Waals surface area contributed by atoms with Crippen LogP contribution in [0.3, 0.4) is 0 Å². The predicted molar refractivity (Wildman–Crippen MR) is 95.1 cm³/mol. The van der Waals surface area contributed by atoms with Crippen molar-refractivity contribution in [2.24, 2.45) is 0 Å². The molecule has 0 spiro atoms. The lowest BCUT2D eigenvalue weighted by Gasteiger charge is -2.27. The monoisotopic (exact) mass is 334 g/mol. The third-order valence-electron chi connectivity index (χ3n) is 4.72. The molecule has 1 unspecified atom stereocenters. The molecule has 0 radical (unpaired) electrons. The Kier molecular flexibility index (Phi) is 3.90. The van der Waals surface area contributed by atoms with Gasteiger partial charge in [-0.2, -0.15) is 0 Å². The second-order valence-electron chi connectivity index (χ2n) is 6.15. The number of carbonyl (C=O) groups is 1.